The molecule has 0 radical (unpaired) electrons. The predicted octanol–water partition coefficient (Wildman–Crippen LogP) is 0.309. The first-order valence-corrected chi connectivity index (χ1v) is 5.01. The highest BCUT2D eigenvalue weighted by Crippen LogP contribution is 2.18. The maximum Gasteiger partial charge on any atom is 0.142 e. The van der Waals surface area contributed by atoms with Crippen LogP contribution in [0.15, 0.2) is 39.6 Å². The first-order valence-electron chi connectivity index (χ1n) is 3.83. The van der Waals surface area contributed by atoms with Crippen molar-refractivity contribution in [2.75, 3.05) is 6.26 Å². The van der Waals surface area contributed by atoms with Crippen molar-refractivity contribution in [2.24, 2.45) is 4.40 Å². The maximum absolute atomic E-state index is 4.32. The van der Waals surface area contributed by atoms with Gasteiger partial charge in [0, 0.05) is 6.26 Å². The summed E-state index contributed by atoms with van der Waals surface area (Å²) in [4.78, 5) is 0. The fourth-order valence-corrected chi connectivity index (χ4v) is 1.51. The van der Waals surface area contributed by atoms with E-state index < -0.39 is 0 Å². The summed E-state index contributed by atoms with van der Waals surface area (Å²) in [6.07, 6.45) is 6.12. The molecule has 60 valence electrons. The summed E-state index contributed by atoms with van der Waals surface area (Å²) in [7, 11) is 4.12. The van der Waals surface area contributed by atoms with Gasteiger partial charge in [0.25, 0.3) is 0 Å². The SMILES string of the molecule is BC1=CC=C(B)/C(=N/SC)C1=C. The first kappa shape index (κ1) is 9.46. The van der Waals surface area contributed by atoms with E-state index in [-0.39, 0.29) is 0 Å². The van der Waals surface area contributed by atoms with Gasteiger partial charge in [-0.1, -0.05) is 29.7 Å². The Labute approximate surface area is 79.7 Å². The Morgan fingerprint density at radius 1 is 1.33 bits per heavy atom. The van der Waals surface area contributed by atoms with Crippen molar-refractivity contribution in [3.8, 4) is 0 Å². The number of nitrogens with zero attached hydrogens (tertiary/aromatic N) is 1. The van der Waals surface area contributed by atoms with Gasteiger partial charge in [0.2, 0.25) is 0 Å². The molecule has 0 fully saturated rings. The van der Waals surface area contributed by atoms with E-state index in [4.69, 9.17) is 0 Å². The molecular formula is C8H11B2NS. The molecule has 12 heavy (non-hydrogen) atoms. The van der Waals surface area contributed by atoms with Crippen LogP contribution in [-0.4, -0.2) is 27.7 Å². The van der Waals surface area contributed by atoms with E-state index in [1.54, 1.807) is 0 Å². The fourth-order valence-electron chi connectivity index (χ4n) is 1.07. The molecule has 0 saturated heterocycles. The van der Waals surface area contributed by atoms with Crippen LogP contribution in [-0.2, 0) is 0 Å². The Bertz CT molecular complexity index is 298. The van der Waals surface area contributed by atoms with Gasteiger partial charge in [-0.25, -0.2) is 4.40 Å². The van der Waals surface area contributed by atoms with Gasteiger partial charge in [-0.3, -0.25) is 0 Å². The molecule has 1 aliphatic rings. The number of hydrogen-bond acceptors (Lipinski definition) is 2. The highest BCUT2D eigenvalue weighted by molar-refractivity contribution is 7.97. The molecule has 1 nitrogen and oxygen atoms in total. The van der Waals surface area contributed by atoms with Crippen LogP contribution >= 0.6 is 11.9 Å². The molecular weight excluding hydrogens is 164 g/mol. The van der Waals surface area contributed by atoms with Crippen molar-refractivity contribution >= 4 is 33.4 Å². The third-order valence-corrected chi connectivity index (χ3v) is 2.27. The van der Waals surface area contributed by atoms with E-state index in [1.165, 1.54) is 22.9 Å². The van der Waals surface area contributed by atoms with Gasteiger partial charge in [0.1, 0.15) is 15.7 Å². The molecule has 1 aliphatic carbocycles. The van der Waals surface area contributed by atoms with Crippen molar-refractivity contribution in [1.82, 2.24) is 0 Å². The van der Waals surface area contributed by atoms with Crippen LogP contribution in [0.25, 0.3) is 0 Å². The topological polar surface area (TPSA) is 12.4 Å². The van der Waals surface area contributed by atoms with Crippen LogP contribution in [0.3, 0.4) is 0 Å². The van der Waals surface area contributed by atoms with E-state index in [9.17, 15) is 0 Å². The van der Waals surface area contributed by atoms with Gasteiger partial charge in [0.05, 0.1) is 5.71 Å². The monoisotopic (exact) mass is 175 g/mol. The average molecular weight is 175 g/mol. The minimum absolute atomic E-state index is 1.03. The highest BCUT2D eigenvalue weighted by atomic mass is 32.2. The summed E-state index contributed by atoms with van der Waals surface area (Å²) in [5.41, 5.74) is 4.47. The maximum atomic E-state index is 4.32. The quantitative estimate of drug-likeness (QED) is 0.412. The Balaban J connectivity index is 3.06. The highest BCUT2D eigenvalue weighted by Gasteiger charge is 2.11. The summed E-state index contributed by atoms with van der Waals surface area (Å²) in [5, 5.41) is 0. The lowest BCUT2D eigenvalue weighted by atomic mass is 9.75. The van der Waals surface area contributed by atoms with Crippen molar-refractivity contribution in [1.29, 1.82) is 0 Å². The summed E-state index contributed by atoms with van der Waals surface area (Å²) >= 11 is 1.48. The summed E-state index contributed by atoms with van der Waals surface area (Å²) in [6.45, 7) is 3.99. The number of allylic oxidation sites excluding steroid dienone is 5. The molecule has 0 atom stereocenters. The molecule has 0 aromatic rings. The summed E-state index contributed by atoms with van der Waals surface area (Å²) in [6, 6.07) is 0. The fraction of sp³-hybridized carbons (Fsp3) is 0.125. The van der Waals surface area contributed by atoms with Crippen molar-refractivity contribution in [3.05, 3.63) is 35.2 Å². The van der Waals surface area contributed by atoms with E-state index in [2.05, 4.69) is 38.8 Å². The second-order valence-corrected chi connectivity index (χ2v) is 3.35. The molecule has 0 aromatic heterocycles. The first-order chi connectivity index (χ1) is 5.66. The molecule has 0 N–H and O–H groups in total. The summed E-state index contributed by atoms with van der Waals surface area (Å²) in [5.74, 6) is 0. The molecule has 0 saturated carbocycles. The molecule has 0 amide bonds. The normalized spacial score (nSPS) is 20.8. The third-order valence-electron chi connectivity index (χ3n) is 1.90. The van der Waals surface area contributed by atoms with Gasteiger partial charge in [-0.05, 0) is 17.5 Å². The minimum Gasteiger partial charge on any atom is -0.217 e. The Hall–Kier alpha value is -0.630. The molecule has 0 unspecified atom stereocenters. The second kappa shape index (κ2) is 3.85. The third kappa shape index (κ3) is 1.75. The van der Waals surface area contributed by atoms with Crippen molar-refractivity contribution in [3.63, 3.8) is 0 Å². The van der Waals surface area contributed by atoms with Crippen LogP contribution in [0.5, 0.6) is 0 Å². The Kier molecular flexibility index (Phi) is 3.04. The lowest BCUT2D eigenvalue weighted by Gasteiger charge is -2.14. The zero-order valence-electron chi connectivity index (χ0n) is 7.72. The molecule has 0 bridgehead atoms. The smallest absolute Gasteiger partial charge is 0.142 e. The largest absolute Gasteiger partial charge is 0.217 e. The van der Waals surface area contributed by atoms with Crippen LogP contribution in [0.1, 0.15) is 0 Å². The van der Waals surface area contributed by atoms with E-state index in [1.807, 2.05) is 6.26 Å². The predicted molar refractivity (Wildman–Crippen MR) is 63.3 cm³/mol. The van der Waals surface area contributed by atoms with Crippen molar-refractivity contribution in [2.45, 2.75) is 0 Å². The van der Waals surface area contributed by atoms with E-state index in [0.717, 1.165) is 11.3 Å². The number of hydrogen-bond donors (Lipinski definition) is 0. The molecule has 1 rings (SSSR count). The molecule has 0 spiro atoms. The lowest BCUT2D eigenvalue weighted by Crippen LogP contribution is -2.11. The van der Waals surface area contributed by atoms with Gasteiger partial charge in [0.15, 0.2) is 0 Å². The van der Waals surface area contributed by atoms with E-state index >= 15 is 0 Å². The lowest BCUT2D eigenvalue weighted by molar-refractivity contribution is 1.65. The second-order valence-electron chi connectivity index (χ2n) is 2.80. The average Bonchev–Trinajstić information content (AvgIpc) is 2.06. The van der Waals surface area contributed by atoms with Gasteiger partial charge in [-0.15, -0.1) is 0 Å². The van der Waals surface area contributed by atoms with E-state index in [0.29, 0.717) is 0 Å². The minimum atomic E-state index is 1.03. The van der Waals surface area contributed by atoms with Crippen LogP contribution in [0.2, 0.25) is 0 Å². The standard InChI is InChI=1S/C8H11B2NS/c1-5-6(9)3-4-7(10)8(5)11-12-2/h3-4H,1,9-10H2,2H3/b11-8+. The van der Waals surface area contributed by atoms with Crippen LogP contribution in [0.4, 0.5) is 0 Å². The van der Waals surface area contributed by atoms with Crippen LogP contribution < -0.4 is 0 Å². The number of rotatable bonds is 1. The molecule has 0 aromatic carbocycles. The van der Waals surface area contributed by atoms with Gasteiger partial charge >= 0.3 is 0 Å². The molecule has 4 heteroatoms. The van der Waals surface area contributed by atoms with Crippen molar-refractivity contribution < 1.29 is 0 Å². The Morgan fingerprint density at radius 2 is 1.92 bits per heavy atom. The van der Waals surface area contributed by atoms with Gasteiger partial charge < -0.3 is 0 Å². The molecule has 0 aliphatic heterocycles. The van der Waals surface area contributed by atoms with Gasteiger partial charge in [-0.2, -0.15) is 0 Å². The zero-order valence-corrected chi connectivity index (χ0v) is 8.53. The van der Waals surface area contributed by atoms with Crippen LogP contribution in [0, 0.1) is 0 Å². The summed E-state index contributed by atoms with van der Waals surface area (Å²) < 4.78 is 4.32. The zero-order chi connectivity index (χ0) is 9.14. The Morgan fingerprint density at radius 3 is 2.50 bits per heavy atom. The molecule has 0 heterocycles.